The lowest BCUT2D eigenvalue weighted by molar-refractivity contribution is 0.598. The topological polar surface area (TPSA) is 111 Å². The monoisotopic (exact) mass is 329 g/mol. The number of anilines is 1. The van der Waals surface area contributed by atoms with E-state index in [9.17, 15) is 8.42 Å². The number of hydrogen-bond acceptors (Lipinski definition) is 6. The molecule has 3 rings (SSSR count). The zero-order valence-electron chi connectivity index (χ0n) is 12.2. The van der Waals surface area contributed by atoms with Crippen LogP contribution < -0.4 is 10.5 Å². The molecule has 0 unspecified atom stereocenters. The average Bonchev–Trinajstić information content (AvgIpc) is 2.54. The van der Waals surface area contributed by atoms with Gasteiger partial charge in [-0.2, -0.15) is 0 Å². The van der Waals surface area contributed by atoms with E-state index in [0.717, 1.165) is 16.6 Å². The fourth-order valence-electron chi connectivity index (χ4n) is 2.12. The molecule has 0 amide bonds. The number of primary sulfonamides is 1. The molecular formula is C15H15N5O2S. The fourth-order valence-corrected chi connectivity index (χ4v) is 2.64. The van der Waals surface area contributed by atoms with Gasteiger partial charge in [0.15, 0.2) is 0 Å². The molecule has 0 fully saturated rings. The molecule has 0 aliphatic rings. The number of aromatic nitrogens is 3. The van der Waals surface area contributed by atoms with E-state index in [0.29, 0.717) is 18.9 Å². The molecule has 0 aliphatic carbocycles. The molecule has 7 nitrogen and oxygen atoms in total. The number of para-hydroxylation sites is 1. The third-order valence-electron chi connectivity index (χ3n) is 3.31. The SMILES string of the molecule is NS(=O)(=O)c1ccc(CCNc2nnc3ccccc3n2)cc1. The standard InChI is InChI=1S/C15H15N5O2S/c16-23(21,22)12-7-5-11(6-8-12)9-10-17-15-18-13-3-1-2-4-14(13)19-20-15/h1-8H,9-10H2,(H2,16,21,22)(H,17,18,20). The summed E-state index contributed by atoms with van der Waals surface area (Å²) in [5, 5.41) is 16.3. The van der Waals surface area contributed by atoms with E-state index >= 15 is 0 Å². The maximum atomic E-state index is 11.2. The Labute approximate surface area is 133 Å². The van der Waals surface area contributed by atoms with Crippen molar-refractivity contribution in [1.82, 2.24) is 15.2 Å². The largest absolute Gasteiger partial charge is 0.353 e. The van der Waals surface area contributed by atoms with Gasteiger partial charge in [0.1, 0.15) is 5.52 Å². The second-order valence-electron chi connectivity index (χ2n) is 4.99. The van der Waals surface area contributed by atoms with Gasteiger partial charge in [0.2, 0.25) is 16.0 Å². The summed E-state index contributed by atoms with van der Waals surface area (Å²) in [6.45, 7) is 0.606. The number of sulfonamides is 1. The average molecular weight is 329 g/mol. The molecule has 0 aliphatic heterocycles. The molecule has 1 aromatic heterocycles. The number of nitrogens with one attached hydrogen (secondary N) is 1. The lowest BCUT2D eigenvalue weighted by atomic mass is 10.1. The number of fused-ring (bicyclic) bond motifs is 1. The molecule has 118 valence electrons. The fraction of sp³-hybridized carbons (Fsp3) is 0.133. The minimum atomic E-state index is -3.65. The van der Waals surface area contributed by atoms with Crippen molar-refractivity contribution in [2.75, 3.05) is 11.9 Å². The van der Waals surface area contributed by atoms with Gasteiger partial charge in [-0.05, 0) is 36.2 Å². The maximum Gasteiger partial charge on any atom is 0.243 e. The highest BCUT2D eigenvalue weighted by Crippen LogP contribution is 2.11. The highest BCUT2D eigenvalue weighted by molar-refractivity contribution is 7.89. The highest BCUT2D eigenvalue weighted by atomic mass is 32.2. The number of rotatable bonds is 5. The second-order valence-corrected chi connectivity index (χ2v) is 6.55. The summed E-state index contributed by atoms with van der Waals surface area (Å²) in [6, 6.07) is 14.0. The predicted octanol–water partition coefficient (Wildman–Crippen LogP) is 1.33. The smallest absolute Gasteiger partial charge is 0.243 e. The Morgan fingerprint density at radius 2 is 1.65 bits per heavy atom. The van der Waals surface area contributed by atoms with Gasteiger partial charge in [0.25, 0.3) is 0 Å². The van der Waals surface area contributed by atoms with Crippen LogP contribution in [0, 0.1) is 0 Å². The minimum absolute atomic E-state index is 0.108. The van der Waals surface area contributed by atoms with Crippen LogP contribution in [0.15, 0.2) is 53.4 Å². The van der Waals surface area contributed by atoms with Crippen LogP contribution >= 0.6 is 0 Å². The van der Waals surface area contributed by atoms with Crippen molar-refractivity contribution in [2.45, 2.75) is 11.3 Å². The van der Waals surface area contributed by atoms with Gasteiger partial charge in [-0.15, -0.1) is 10.2 Å². The van der Waals surface area contributed by atoms with Crippen LogP contribution in [0.3, 0.4) is 0 Å². The van der Waals surface area contributed by atoms with E-state index in [-0.39, 0.29) is 4.90 Å². The van der Waals surface area contributed by atoms with Crippen molar-refractivity contribution in [1.29, 1.82) is 0 Å². The minimum Gasteiger partial charge on any atom is -0.353 e. The molecule has 23 heavy (non-hydrogen) atoms. The summed E-state index contributed by atoms with van der Waals surface area (Å²) in [5.41, 5.74) is 2.51. The molecule has 1 heterocycles. The molecule has 0 saturated carbocycles. The number of benzene rings is 2. The zero-order chi connectivity index (χ0) is 16.3. The Morgan fingerprint density at radius 3 is 2.35 bits per heavy atom. The summed E-state index contributed by atoms with van der Waals surface area (Å²) in [7, 11) is -3.65. The van der Waals surface area contributed by atoms with Crippen molar-refractivity contribution >= 4 is 27.0 Å². The van der Waals surface area contributed by atoms with Crippen LogP contribution in [-0.4, -0.2) is 30.1 Å². The Bertz CT molecular complexity index is 926. The zero-order valence-corrected chi connectivity index (χ0v) is 13.0. The van der Waals surface area contributed by atoms with Gasteiger partial charge in [-0.1, -0.05) is 24.3 Å². The lowest BCUT2D eigenvalue weighted by Gasteiger charge is -2.06. The maximum absolute atomic E-state index is 11.2. The third kappa shape index (κ3) is 3.79. The second kappa shape index (κ2) is 6.27. The summed E-state index contributed by atoms with van der Waals surface area (Å²) < 4.78 is 22.4. The van der Waals surface area contributed by atoms with Crippen LogP contribution in [0.2, 0.25) is 0 Å². The van der Waals surface area contributed by atoms with Crippen LogP contribution in [0.5, 0.6) is 0 Å². The van der Waals surface area contributed by atoms with Crippen LogP contribution in [0.25, 0.3) is 11.0 Å². The van der Waals surface area contributed by atoms with Gasteiger partial charge in [0.05, 0.1) is 10.4 Å². The Morgan fingerprint density at radius 1 is 0.957 bits per heavy atom. The number of nitrogens with zero attached hydrogens (tertiary/aromatic N) is 3. The molecule has 0 saturated heterocycles. The Hall–Kier alpha value is -2.58. The van der Waals surface area contributed by atoms with Crippen molar-refractivity contribution in [3.8, 4) is 0 Å². The Kier molecular flexibility index (Phi) is 4.18. The lowest BCUT2D eigenvalue weighted by Crippen LogP contribution is -2.12. The van der Waals surface area contributed by atoms with Crippen molar-refractivity contribution in [3.05, 3.63) is 54.1 Å². The van der Waals surface area contributed by atoms with Crippen LogP contribution in [-0.2, 0) is 16.4 Å². The van der Waals surface area contributed by atoms with Crippen molar-refractivity contribution in [2.24, 2.45) is 5.14 Å². The molecule has 0 bridgehead atoms. The number of hydrogen-bond donors (Lipinski definition) is 2. The third-order valence-corrected chi connectivity index (χ3v) is 4.24. The normalized spacial score (nSPS) is 11.5. The van der Waals surface area contributed by atoms with Crippen molar-refractivity contribution < 1.29 is 8.42 Å². The summed E-state index contributed by atoms with van der Waals surface area (Å²) in [5.74, 6) is 0.463. The highest BCUT2D eigenvalue weighted by Gasteiger charge is 2.06. The quantitative estimate of drug-likeness (QED) is 0.730. The van der Waals surface area contributed by atoms with E-state index in [1.807, 2.05) is 24.3 Å². The van der Waals surface area contributed by atoms with E-state index in [2.05, 4.69) is 20.5 Å². The van der Waals surface area contributed by atoms with E-state index < -0.39 is 10.0 Å². The van der Waals surface area contributed by atoms with Gasteiger partial charge in [0, 0.05) is 6.54 Å². The molecule has 0 atom stereocenters. The van der Waals surface area contributed by atoms with Gasteiger partial charge < -0.3 is 5.32 Å². The molecule has 2 aromatic carbocycles. The summed E-state index contributed by atoms with van der Waals surface area (Å²) >= 11 is 0. The first-order valence-electron chi connectivity index (χ1n) is 6.97. The molecule has 3 N–H and O–H groups in total. The first-order valence-corrected chi connectivity index (χ1v) is 8.52. The first-order chi connectivity index (χ1) is 11.0. The summed E-state index contributed by atoms with van der Waals surface area (Å²) in [4.78, 5) is 4.48. The number of nitrogens with two attached hydrogens (primary N) is 1. The van der Waals surface area contributed by atoms with Crippen molar-refractivity contribution in [3.63, 3.8) is 0 Å². The van der Waals surface area contributed by atoms with Gasteiger partial charge in [-0.25, -0.2) is 18.5 Å². The molecule has 8 heteroatoms. The Balaban J connectivity index is 1.62. The molecular weight excluding hydrogens is 314 g/mol. The predicted molar refractivity (Wildman–Crippen MR) is 87.3 cm³/mol. The van der Waals surface area contributed by atoms with Crippen LogP contribution in [0.1, 0.15) is 5.56 Å². The summed E-state index contributed by atoms with van der Waals surface area (Å²) in [6.07, 6.45) is 0.696. The van der Waals surface area contributed by atoms with E-state index in [4.69, 9.17) is 5.14 Å². The molecule has 0 radical (unpaired) electrons. The van der Waals surface area contributed by atoms with Gasteiger partial charge in [-0.3, -0.25) is 0 Å². The first kappa shape index (κ1) is 15.3. The molecule has 3 aromatic rings. The van der Waals surface area contributed by atoms with E-state index in [1.54, 1.807) is 12.1 Å². The van der Waals surface area contributed by atoms with E-state index in [1.165, 1.54) is 12.1 Å². The molecule has 0 spiro atoms. The van der Waals surface area contributed by atoms with Crippen LogP contribution in [0.4, 0.5) is 5.95 Å². The van der Waals surface area contributed by atoms with Gasteiger partial charge >= 0.3 is 0 Å².